The van der Waals surface area contributed by atoms with E-state index in [1.165, 1.54) is 24.0 Å². The molecule has 36 heavy (non-hydrogen) atoms. The maximum absolute atomic E-state index is 13.0. The zero-order chi connectivity index (χ0) is 26.7. The average molecular weight is 519 g/mol. The summed E-state index contributed by atoms with van der Waals surface area (Å²) in [6.45, 7) is 20.8. The van der Waals surface area contributed by atoms with Gasteiger partial charge in [-0.2, -0.15) is 0 Å². The molecule has 0 radical (unpaired) electrons. The molecule has 204 valence electrons. The zero-order valence-electron chi connectivity index (χ0n) is 24.2. The van der Waals surface area contributed by atoms with Crippen LogP contribution in [0.4, 0.5) is 0 Å². The molecule has 0 spiro atoms. The Hall–Kier alpha value is -1.21. The number of aryl methyl sites for hydroxylation is 2. The van der Waals surface area contributed by atoms with Crippen molar-refractivity contribution in [2.75, 3.05) is 13.2 Å². The first kappa shape index (κ1) is 29.3. The first-order valence-corrected chi connectivity index (χ1v) is 17.8. The van der Waals surface area contributed by atoms with E-state index < -0.39 is 13.9 Å². The molecule has 3 aliphatic rings. The summed E-state index contributed by atoms with van der Waals surface area (Å²) in [5.74, 6) is 0.296. The summed E-state index contributed by atoms with van der Waals surface area (Å²) in [7, 11) is -1.23. The highest BCUT2D eigenvalue weighted by molar-refractivity contribution is 6.76. The van der Waals surface area contributed by atoms with Crippen molar-refractivity contribution in [1.82, 2.24) is 0 Å². The summed E-state index contributed by atoms with van der Waals surface area (Å²) in [6.07, 6.45) is 6.43. The minimum absolute atomic E-state index is 0.137. The Morgan fingerprint density at radius 2 is 1.83 bits per heavy atom. The van der Waals surface area contributed by atoms with Gasteiger partial charge in [-0.3, -0.25) is 0 Å². The second kappa shape index (κ2) is 12.1. The lowest BCUT2D eigenvalue weighted by Crippen LogP contribution is -2.23. The Labute approximate surface area is 220 Å². The quantitative estimate of drug-likeness (QED) is 0.265. The first-order valence-electron chi connectivity index (χ1n) is 14.0. The minimum atomic E-state index is -1.23. The Bertz CT molecular complexity index is 884. The highest BCUT2D eigenvalue weighted by Crippen LogP contribution is 2.53. The van der Waals surface area contributed by atoms with Crippen LogP contribution >= 0.6 is 0 Å². The van der Waals surface area contributed by atoms with Crippen LogP contribution in [0.25, 0.3) is 0 Å². The fraction of sp³-hybridized carbons (Fsp3) is 0.767. The van der Waals surface area contributed by atoms with Gasteiger partial charge in [0.15, 0.2) is 5.79 Å². The van der Waals surface area contributed by atoms with Gasteiger partial charge in [0.05, 0.1) is 30.5 Å². The highest BCUT2D eigenvalue weighted by atomic mass is 28.3. The van der Waals surface area contributed by atoms with Crippen LogP contribution < -0.4 is 0 Å². The van der Waals surface area contributed by atoms with Gasteiger partial charge in [0.1, 0.15) is 0 Å². The van der Waals surface area contributed by atoms with Gasteiger partial charge in [0.25, 0.3) is 0 Å². The molecule has 3 fully saturated rings. The lowest BCUT2D eigenvalue weighted by molar-refractivity contribution is -0.147. The predicted octanol–water partition coefficient (Wildman–Crippen LogP) is 7.41. The lowest BCUT2D eigenvalue weighted by atomic mass is 9.93. The van der Waals surface area contributed by atoms with Gasteiger partial charge in [0.2, 0.25) is 0 Å². The number of carbonyl (C=O) groups is 1. The Morgan fingerprint density at radius 1 is 1.14 bits per heavy atom. The second-order valence-electron chi connectivity index (χ2n) is 12.8. The number of benzene rings is 1. The van der Waals surface area contributed by atoms with E-state index in [-0.39, 0.29) is 18.2 Å². The number of esters is 1. The number of hydrogen-bond donors (Lipinski definition) is 0. The molecule has 4 rings (SSSR count). The number of hydrogen-bond acceptors (Lipinski definition) is 5. The molecule has 0 amide bonds. The van der Waals surface area contributed by atoms with Gasteiger partial charge in [-0.1, -0.05) is 44.3 Å². The summed E-state index contributed by atoms with van der Waals surface area (Å²) >= 11 is 0. The van der Waals surface area contributed by atoms with Crippen LogP contribution in [0.3, 0.4) is 0 Å². The molecule has 6 heteroatoms. The predicted molar refractivity (Wildman–Crippen MR) is 149 cm³/mol. The molecular weight excluding hydrogens is 468 g/mol. The normalized spacial score (nSPS) is 29.0. The van der Waals surface area contributed by atoms with Crippen LogP contribution in [-0.2, 0) is 18.9 Å². The van der Waals surface area contributed by atoms with Crippen molar-refractivity contribution >= 4 is 14.0 Å². The molecule has 1 aromatic rings. The van der Waals surface area contributed by atoms with Gasteiger partial charge >= 0.3 is 5.97 Å². The van der Waals surface area contributed by atoms with Crippen molar-refractivity contribution < 1.29 is 23.7 Å². The van der Waals surface area contributed by atoms with E-state index in [4.69, 9.17) is 18.9 Å². The van der Waals surface area contributed by atoms with Gasteiger partial charge in [-0.05, 0) is 95.7 Å². The van der Waals surface area contributed by atoms with E-state index in [9.17, 15) is 4.79 Å². The van der Waals surface area contributed by atoms with Crippen molar-refractivity contribution in [3.8, 4) is 0 Å². The van der Waals surface area contributed by atoms with Crippen LogP contribution in [0.2, 0.25) is 25.7 Å². The molecule has 0 bridgehead atoms. The van der Waals surface area contributed by atoms with Crippen LogP contribution in [0.1, 0.15) is 92.8 Å². The average Bonchev–Trinajstić information content (AvgIpc) is 3.22. The zero-order valence-corrected chi connectivity index (χ0v) is 25.2. The molecule has 0 N–H and O–H groups in total. The van der Waals surface area contributed by atoms with Crippen LogP contribution in [-0.4, -0.2) is 51.4 Å². The van der Waals surface area contributed by atoms with Crippen molar-refractivity contribution in [1.29, 1.82) is 0 Å². The fourth-order valence-corrected chi connectivity index (χ4v) is 6.19. The molecule has 2 heterocycles. The molecule has 1 aromatic carbocycles. The van der Waals surface area contributed by atoms with Crippen LogP contribution in [0.5, 0.6) is 0 Å². The lowest BCUT2D eigenvalue weighted by Gasteiger charge is -2.18. The van der Waals surface area contributed by atoms with E-state index in [1.807, 2.05) is 20.8 Å². The summed E-state index contributed by atoms with van der Waals surface area (Å²) in [5.41, 5.74) is 4.20. The molecule has 2 aliphatic heterocycles. The van der Waals surface area contributed by atoms with Crippen LogP contribution in [0.15, 0.2) is 12.1 Å². The van der Waals surface area contributed by atoms with Crippen molar-refractivity contribution in [2.24, 2.45) is 5.92 Å². The maximum atomic E-state index is 13.0. The van der Waals surface area contributed by atoms with E-state index in [1.54, 1.807) is 0 Å². The molecule has 5 atom stereocenters. The third kappa shape index (κ3) is 8.40. The van der Waals surface area contributed by atoms with E-state index in [0.29, 0.717) is 24.5 Å². The molecule has 1 saturated carbocycles. The Balaban J connectivity index is 0.000000526. The summed E-state index contributed by atoms with van der Waals surface area (Å²) in [4.78, 5) is 13.0. The summed E-state index contributed by atoms with van der Waals surface area (Å²) < 4.78 is 23.1. The van der Waals surface area contributed by atoms with Gasteiger partial charge in [0, 0.05) is 14.7 Å². The van der Waals surface area contributed by atoms with Crippen molar-refractivity contribution in [2.45, 2.75) is 129 Å². The molecular formula is C30H50O5Si. The SMILES string of the molecule is CC1CCCO1.CC[C@H]1OC(C)(C)O[C@H]1CC1CC1c1cc(C)cc(C)c1C(=O)OCC[Si](C)(C)C. The van der Waals surface area contributed by atoms with Gasteiger partial charge in [-0.25, -0.2) is 4.79 Å². The smallest absolute Gasteiger partial charge is 0.338 e. The third-order valence-electron chi connectivity index (χ3n) is 7.50. The van der Waals surface area contributed by atoms with Crippen LogP contribution in [0, 0.1) is 19.8 Å². The molecule has 3 unspecified atom stereocenters. The van der Waals surface area contributed by atoms with E-state index in [0.717, 1.165) is 43.0 Å². The maximum Gasteiger partial charge on any atom is 0.338 e. The largest absolute Gasteiger partial charge is 0.462 e. The molecule has 0 aromatic heterocycles. The molecule has 1 aliphatic carbocycles. The minimum Gasteiger partial charge on any atom is -0.462 e. The fourth-order valence-electron chi connectivity index (χ4n) is 5.47. The van der Waals surface area contributed by atoms with E-state index >= 15 is 0 Å². The molecule has 2 saturated heterocycles. The van der Waals surface area contributed by atoms with Crippen molar-refractivity contribution in [3.63, 3.8) is 0 Å². The summed E-state index contributed by atoms with van der Waals surface area (Å²) in [5, 5.41) is 0. The number of rotatable bonds is 8. The summed E-state index contributed by atoms with van der Waals surface area (Å²) in [6, 6.07) is 5.29. The monoisotopic (exact) mass is 518 g/mol. The van der Waals surface area contributed by atoms with Gasteiger partial charge < -0.3 is 18.9 Å². The Kier molecular flexibility index (Phi) is 9.86. The first-order chi connectivity index (χ1) is 16.8. The Morgan fingerprint density at radius 3 is 2.39 bits per heavy atom. The van der Waals surface area contributed by atoms with Crippen molar-refractivity contribution in [3.05, 3.63) is 34.4 Å². The number of ether oxygens (including phenoxy) is 4. The number of carbonyl (C=O) groups excluding carboxylic acids is 1. The highest BCUT2D eigenvalue weighted by Gasteiger charge is 2.47. The topological polar surface area (TPSA) is 54.0 Å². The third-order valence-corrected chi connectivity index (χ3v) is 9.21. The van der Waals surface area contributed by atoms with E-state index in [2.05, 4.69) is 52.5 Å². The standard InChI is InChI=1S/C25H40O4Si.C5H10O/c1-9-21-22(29-25(4,5)28-21)15-18-14-19(18)20-13-16(2)12-17(3)23(20)24(26)27-10-11-30(6,7)8;1-5-3-2-4-6-5/h12-13,18-19,21-22H,9-11,14-15H2,1-8H3;5H,2-4H2,1H3/t18?,19?,21-,22+;/m1./s1. The molecule has 5 nitrogen and oxygen atoms in total. The van der Waals surface area contributed by atoms with Gasteiger partial charge in [-0.15, -0.1) is 0 Å². The second-order valence-corrected chi connectivity index (χ2v) is 18.4.